The second-order valence-electron chi connectivity index (χ2n) is 7.17. The van der Waals surface area contributed by atoms with Gasteiger partial charge in [-0.25, -0.2) is 13.2 Å². The molecule has 8 heteroatoms. The van der Waals surface area contributed by atoms with Gasteiger partial charge in [0.2, 0.25) is 0 Å². The lowest BCUT2D eigenvalue weighted by molar-refractivity contribution is 0.134. The number of rotatable bonds is 4. The summed E-state index contributed by atoms with van der Waals surface area (Å²) < 4.78 is 22.9. The summed E-state index contributed by atoms with van der Waals surface area (Å²) in [6, 6.07) is 7.83. The highest BCUT2D eigenvalue weighted by Crippen LogP contribution is 2.18. The molecule has 2 amide bonds. The van der Waals surface area contributed by atoms with Crippen LogP contribution in [0.4, 0.5) is 4.79 Å². The molecule has 26 heavy (non-hydrogen) atoms. The maximum absolute atomic E-state index is 12.3. The molecule has 2 fully saturated rings. The Morgan fingerprint density at radius 1 is 1.15 bits per heavy atom. The number of sulfone groups is 1. The van der Waals surface area contributed by atoms with Gasteiger partial charge in [-0.15, -0.1) is 0 Å². The van der Waals surface area contributed by atoms with Gasteiger partial charge in [-0.1, -0.05) is 23.7 Å². The van der Waals surface area contributed by atoms with Gasteiger partial charge in [0.25, 0.3) is 0 Å². The molecule has 6 nitrogen and oxygen atoms in total. The summed E-state index contributed by atoms with van der Waals surface area (Å²) in [5.74, 6) is 0.761. The van der Waals surface area contributed by atoms with E-state index in [0.29, 0.717) is 32.5 Å². The third kappa shape index (κ3) is 5.59. The largest absolute Gasteiger partial charge is 0.338 e. The van der Waals surface area contributed by atoms with Gasteiger partial charge < -0.3 is 10.2 Å². The van der Waals surface area contributed by atoms with Gasteiger partial charge in [0.05, 0.1) is 11.5 Å². The molecular formula is C18H26ClN3O3S. The fraction of sp³-hybridized carbons (Fsp3) is 0.611. The third-order valence-electron chi connectivity index (χ3n) is 5.17. The number of halogens is 1. The van der Waals surface area contributed by atoms with Crippen molar-refractivity contribution in [1.29, 1.82) is 0 Å². The molecule has 144 valence electrons. The van der Waals surface area contributed by atoms with Crippen molar-refractivity contribution in [2.24, 2.45) is 5.92 Å². The maximum atomic E-state index is 12.3. The van der Waals surface area contributed by atoms with Gasteiger partial charge in [-0.05, 0) is 36.5 Å². The molecular weight excluding hydrogens is 374 g/mol. The highest BCUT2D eigenvalue weighted by molar-refractivity contribution is 7.91. The van der Waals surface area contributed by atoms with Crippen LogP contribution in [0.15, 0.2) is 24.3 Å². The molecule has 0 spiro atoms. The molecule has 2 aliphatic heterocycles. The van der Waals surface area contributed by atoms with Crippen LogP contribution >= 0.6 is 11.6 Å². The Bertz CT molecular complexity index is 719. The van der Waals surface area contributed by atoms with Crippen molar-refractivity contribution >= 4 is 27.5 Å². The smallest absolute Gasteiger partial charge is 0.317 e. The molecule has 2 saturated heterocycles. The second kappa shape index (κ2) is 8.59. The van der Waals surface area contributed by atoms with E-state index in [1.54, 1.807) is 0 Å². The van der Waals surface area contributed by atoms with Crippen LogP contribution in [0, 0.1) is 5.92 Å². The van der Waals surface area contributed by atoms with Gasteiger partial charge in [0, 0.05) is 44.3 Å². The molecule has 0 atom stereocenters. The number of piperazine rings is 1. The number of amides is 2. The molecule has 3 rings (SSSR count). The number of carbonyl (C=O) groups excluding carboxylic acids is 1. The van der Waals surface area contributed by atoms with Crippen molar-refractivity contribution in [3.05, 3.63) is 34.9 Å². The van der Waals surface area contributed by atoms with Crippen LogP contribution in [0.3, 0.4) is 0 Å². The molecule has 1 aromatic carbocycles. The van der Waals surface area contributed by atoms with Crippen molar-refractivity contribution in [2.45, 2.75) is 19.4 Å². The molecule has 0 saturated carbocycles. The Kier molecular flexibility index (Phi) is 6.42. The van der Waals surface area contributed by atoms with E-state index in [1.807, 2.05) is 23.1 Å². The number of nitrogens with one attached hydrogen (secondary N) is 1. The van der Waals surface area contributed by atoms with E-state index in [4.69, 9.17) is 11.6 Å². The number of hydrogen-bond donors (Lipinski definition) is 1. The van der Waals surface area contributed by atoms with Gasteiger partial charge in [0.1, 0.15) is 9.84 Å². The van der Waals surface area contributed by atoms with Crippen LogP contribution in [-0.4, -0.2) is 68.5 Å². The normalized spacial score (nSPS) is 21.5. The molecule has 0 aromatic heterocycles. The number of hydrogen-bond acceptors (Lipinski definition) is 4. The molecule has 0 aliphatic carbocycles. The van der Waals surface area contributed by atoms with Crippen LogP contribution in [0.2, 0.25) is 5.02 Å². The summed E-state index contributed by atoms with van der Waals surface area (Å²) in [7, 11) is -2.85. The number of nitrogens with zero attached hydrogens (tertiary/aromatic N) is 2. The zero-order valence-electron chi connectivity index (χ0n) is 14.9. The molecule has 1 aromatic rings. The monoisotopic (exact) mass is 399 g/mol. The van der Waals surface area contributed by atoms with Gasteiger partial charge in [0.15, 0.2) is 0 Å². The molecule has 1 N–H and O–H groups in total. The summed E-state index contributed by atoms with van der Waals surface area (Å²) in [6.07, 6.45) is 1.30. The summed E-state index contributed by atoms with van der Waals surface area (Å²) in [4.78, 5) is 16.5. The van der Waals surface area contributed by atoms with E-state index >= 15 is 0 Å². The van der Waals surface area contributed by atoms with Gasteiger partial charge in [-0.2, -0.15) is 0 Å². The van der Waals surface area contributed by atoms with E-state index in [9.17, 15) is 13.2 Å². The average Bonchev–Trinajstić information content (AvgIpc) is 2.61. The minimum absolute atomic E-state index is 0.0409. The zero-order chi connectivity index (χ0) is 18.6. The van der Waals surface area contributed by atoms with Crippen molar-refractivity contribution < 1.29 is 13.2 Å². The molecule has 0 bridgehead atoms. The molecule has 0 radical (unpaired) electrons. The first-order chi connectivity index (χ1) is 12.4. The Morgan fingerprint density at radius 2 is 1.85 bits per heavy atom. The Labute approximate surface area is 160 Å². The van der Waals surface area contributed by atoms with E-state index in [-0.39, 0.29) is 23.5 Å². The highest BCUT2D eigenvalue weighted by atomic mass is 35.5. The lowest BCUT2D eigenvalue weighted by Gasteiger charge is -2.35. The van der Waals surface area contributed by atoms with E-state index in [0.717, 1.165) is 24.7 Å². The standard InChI is InChI=1S/C18H26ClN3O3S/c19-17-3-1-2-16(12-17)14-21-6-8-22(9-7-21)18(23)20-13-15-4-10-26(24,25)11-5-15/h1-3,12,15H,4-11,13-14H2,(H,20,23). The number of benzene rings is 1. The maximum Gasteiger partial charge on any atom is 0.317 e. The van der Waals surface area contributed by atoms with Crippen LogP contribution in [-0.2, 0) is 16.4 Å². The Balaban J connectivity index is 1.38. The van der Waals surface area contributed by atoms with Crippen LogP contribution in [0.25, 0.3) is 0 Å². The van der Waals surface area contributed by atoms with Crippen LogP contribution in [0.5, 0.6) is 0 Å². The van der Waals surface area contributed by atoms with E-state index in [1.165, 1.54) is 5.56 Å². The first kappa shape index (κ1) is 19.5. The molecule has 2 heterocycles. The lowest BCUT2D eigenvalue weighted by Crippen LogP contribution is -2.52. The van der Waals surface area contributed by atoms with Crippen molar-refractivity contribution in [3.8, 4) is 0 Å². The van der Waals surface area contributed by atoms with Crippen molar-refractivity contribution in [2.75, 3.05) is 44.2 Å². The SMILES string of the molecule is O=C(NCC1CCS(=O)(=O)CC1)N1CCN(Cc2cccc(Cl)c2)CC1. The fourth-order valence-electron chi connectivity index (χ4n) is 3.49. The third-order valence-corrected chi connectivity index (χ3v) is 7.12. The van der Waals surface area contributed by atoms with E-state index < -0.39 is 9.84 Å². The summed E-state index contributed by atoms with van der Waals surface area (Å²) in [5.41, 5.74) is 1.18. The van der Waals surface area contributed by atoms with E-state index in [2.05, 4.69) is 16.3 Å². The lowest BCUT2D eigenvalue weighted by atomic mass is 10.0. The summed E-state index contributed by atoms with van der Waals surface area (Å²) >= 11 is 6.03. The average molecular weight is 400 g/mol. The second-order valence-corrected chi connectivity index (χ2v) is 9.91. The number of urea groups is 1. The number of carbonyl (C=O) groups is 1. The van der Waals surface area contributed by atoms with Gasteiger partial charge in [-0.3, -0.25) is 4.90 Å². The highest BCUT2D eigenvalue weighted by Gasteiger charge is 2.25. The molecule has 2 aliphatic rings. The Hall–Kier alpha value is -1.31. The zero-order valence-corrected chi connectivity index (χ0v) is 16.4. The van der Waals surface area contributed by atoms with Crippen LogP contribution in [0.1, 0.15) is 18.4 Å². The minimum Gasteiger partial charge on any atom is -0.338 e. The first-order valence-electron chi connectivity index (χ1n) is 9.11. The topological polar surface area (TPSA) is 69.7 Å². The predicted molar refractivity (Wildman–Crippen MR) is 103 cm³/mol. The summed E-state index contributed by atoms with van der Waals surface area (Å²) in [6.45, 7) is 4.48. The quantitative estimate of drug-likeness (QED) is 0.840. The van der Waals surface area contributed by atoms with Crippen LogP contribution < -0.4 is 5.32 Å². The molecule has 0 unspecified atom stereocenters. The van der Waals surface area contributed by atoms with Crippen molar-refractivity contribution in [1.82, 2.24) is 15.1 Å². The minimum atomic E-state index is -2.85. The first-order valence-corrected chi connectivity index (χ1v) is 11.3. The fourth-order valence-corrected chi connectivity index (χ4v) is 5.29. The predicted octanol–water partition coefficient (Wildman–Crippen LogP) is 1.99. The van der Waals surface area contributed by atoms with Crippen molar-refractivity contribution in [3.63, 3.8) is 0 Å². The Morgan fingerprint density at radius 3 is 2.50 bits per heavy atom. The van der Waals surface area contributed by atoms with Gasteiger partial charge >= 0.3 is 6.03 Å². The summed E-state index contributed by atoms with van der Waals surface area (Å²) in [5, 5.41) is 3.72.